The van der Waals surface area contributed by atoms with Crippen LogP contribution in [0.5, 0.6) is 5.75 Å². The molecule has 2 N–H and O–H groups in total. The molecule has 1 aliphatic rings. The van der Waals surface area contributed by atoms with Gasteiger partial charge in [-0.1, -0.05) is 39.0 Å². The van der Waals surface area contributed by atoms with Gasteiger partial charge in [0, 0.05) is 19.1 Å². The lowest BCUT2D eigenvalue weighted by molar-refractivity contribution is -0.137. The van der Waals surface area contributed by atoms with Crippen molar-refractivity contribution in [2.24, 2.45) is 5.73 Å². The van der Waals surface area contributed by atoms with E-state index in [1.807, 2.05) is 30.0 Å². The number of likely N-dealkylation sites (tertiary alicyclic amines) is 1. The highest BCUT2D eigenvalue weighted by molar-refractivity contribution is 5.81. The summed E-state index contributed by atoms with van der Waals surface area (Å²) in [5.74, 6) is 1.24. The van der Waals surface area contributed by atoms with E-state index in [0.717, 1.165) is 24.3 Å². The van der Waals surface area contributed by atoms with Crippen molar-refractivity contribution in [1.82, 2.24) is 4.90 Å². The van der Waals surface area contributed by atoms with Gasteiger partial charge in [-0.15, -0.1) is 0 Å². The summed E-state index contributed by atoms with van der Waals surface area (Å²) in [7, 11) is 0. The van der Waals surface area contributed by atoms with E-state index in [9.17, 15) is 4.79 Å². The van der Waals surface area contributed by atoms with Gasteiger partial charge in [0.25, 0.3) is 5.91 Å². The van der Waals surface area contributed by atoms with E-state index in [4.69, 9.17) is 10.5 Å². The molecule has 0 unspecified atom stereocenters. The summed E-state index contributed by atoms with van der Waals surface area (Å²) >= 11 is 0. The van der Waals surface area contributed by atoms with Crippen LogP contribution in [-0.2, 0) is 4.79 Å². The van der Waals surface area contributed by atoms with Gasteiger partial charge in [0.1, 0.15) is 5.75 Å². The lowest BCUT2D eigenvalue weighted by Gasteiger charge is -2.25. The van der Waals surface area contributed by atoms with Crippen molar-refractivity contribution in [2.75, 3.05) is 13.1 Å². The van der Waals surface area contributed by atoms with E-state index >= 15 is 0 Å². The molecule has 4 nitrogen and oxygen atoms in total. The first-order valence-electron chi connectivity index (χ1n) is 7.82. The first-order chi connectivity index (χ1) is 10.0. The molecule has 0 radical (unpaired) electrons. The summed E-state index contributed by atoms with van der Waals surface area (Å²) in [5, 5.41) is 0. The zero-order valence-electron chi connectivity index (χ0n) is 13.2. The molecular formula is C17H26N2O2. The second kappa shape index (κ2) is 6.94. The third kappa shape index (κ3) is 3.76. The molecule has 116 valence electrons. The van der Waals surface area contributed by atoms with Crippen LogP contribution in [0.4, 0.5) is 0 Å². The summed E-state index contributed by atoms with van der Waals surface area (Å²) in [6.07, 6.45) is 1.12. The average Bonchev–Trinajstić information content (AvgIpc) is 2.91. The number of nitrogens with two attached hydrogens (primary N) is 1. The Hall–Kier alpha value is -1.55. The third-order valence-corrected chi connectivity index (χ3v) is 3.99. The lowest BCUT2D eigenvalue weighted by Crippen LogP contribution is -2.41. The number of ether oxygens (including phenoxy) is 1. The van der Waals surface area contributed by atoms with Crippen LogP contribution in [0.2, 0.25) is 0 Å². The molecular weight excluding hydrogens is 264 g/mol. The van der Waals surface area contributed by atoms with Gasteiger partial charge in [0.05, 0.1) is 0 Å². The first kappa shape index (κ1) is 15.8. The highest BCUT2D eigenvalue weighted by Crippen LogP contribution is 2.27. The summed E-state index contributed by atoms with van der Waals surface area (Å²) < 4.78 is 6.03. The van der Waals surface area contributed by atoms with Crippen LogP contribution in [0, 0.1) is 0 Å². The smallest absolute Gasteiger partial charge is 0.263 e. The lowest BCUT2D eigenvalue weighted by atomic mass is 10.0. The minimum absolute atomic E-state index is 0.0593. The second-order valence-electron chi connectivity index (χ2n) is 6.04. The molecule has 0 aromatic heterocycles. The number of hydrogen-bond acceptors (Lipinski definition) is 3. The van der Waals surface area contributed by atoms with Crippen molar-refractivity contribution in [3.05, 3.63) is 29.8 Å². The molecule has 0 bridgehead atoms. The van der Waals surface area contributed by atoms with E-state index in [2.05, 4.69) is 19.9 Å². The summed E-state index contributed by atoms with van der Waals surface area (Å²) in [6.45, 7) is 7.63. The standard InChI is InChI=1S/C17H26N2O2/c1-4-15(17(20)19-10-9-13(18)11-19)21-16-8-6-5-7-14(16)12(2)3/h5-8,12-13,15H,4,9-11,18H2,1-3H3/t13-,15+/m1/s1. The van der Waals surface area contributed by atoms with Gasteiger partial charge in [-0.2, -0.15) is 0 Å². The van der Waals surface area contributed by atoms with Gasteiger partial charge in [0.2, 0.25) is 0 Å². The van der Waals surface area contributed by atoms with Crippen LogP contribution in [0.15, 0.2) is 24.3 Å². The fraction of sp³-hybridized carbons (Fsp3) is 0.588. The topological polar surface area (TPSA) is 55.6 Å². The Kier molecular flexibility index (Phi) is 5.23. The summed E-state index contributed by atoms with van der Waals surface area (Å²) in [5.41, 5.74) is 7.03. The maximum Gasteiger partial charge on any atom is 0.263 e. The van der Waals surface area contributed by atoms with Gasteiger partial charge < -0.3 is 15.4 Å². The Bertz CT molecular complexity index is 487. The summed E-state index contributed by atoms with van der Waals surface area (Å²) in [4.78, 5) is 14.4. The normalized spacial score (nSPS) is 19.9. The molecule has 2 rings (SSSR count). The van der Waals surface area contributed by atoms with Crippen LogP contribution in [0.3, 0.4) is 0 Å². The minimum atomic E-state index is -0.421. The molecule has 0 spiro atoms. The van der Waals surface area contributed by atoms with Crippen molar-refractivity contribution < 1.29 is 9.53 Å². The molecule has 1 aliphatic heterocycles. The summed E-state index contributed by atoms with van der Waals surface area (Å²) in [6, 6.07) is 8.06. The molecule has 0 aliphatic carbocycles. The molecule has 1 saturated heterocycles. The van der Waals surface area contributed by atoms with Crippen LogP contribution in [-0.4, -0.2) is 36.0 Å². The zero-order chi connectivity index (χ0) is 15.4. The first-order valence-corrected chi connectivity index (χ1v) is 7.82. The van der Waals surface area contributed by atoms with Gasteiger partial charge in [-0.25, -0.2) is 0 Å². The van der Waals surface area contributed by atoms with Crippen LogP contribution >= 0.6 is 0 Å². The molecule has 21 heavy (non-hydrogen) atoms. The highest BCUT2D eigenvalue weighted by atomic mass is 16.5. The number of rotatable bonds is 5. The van der Waals surface area contributed by atoms with Gasteiger partial charge >= 0.3 is 0 Å². The minimum Gasteiger partial charge on any atom is -0.480 e. The quantitative estimate of drug-likeness (QED) is 0.906. The Morgan fingerprint density at radius 3 is 2.71 bits per heavy atom. The van der Waals surface area contributed by atoms with Gasteiger partial charge in [-0.05, 0) is 30.4 Å². The molecule has 1 aromatic rings. The average molecular weight is 290 g/mol. The molecule has 1 fully saturated rings. The number of carbonyl (C=O) groups excluding carboxylic acids is 1. The van der Waals surface area contributed by atoms with Gasteiger partial charge in [0.15, 0.2) is 6.10 Å². The maximum absolute atomic E-state index is 12.6. The molecule has 4 heteroatoms. The Labute approximate surface area is 127 Å². The van der Waals surface area contributed by atoms with Crippen molar-refractivity contribution in [1.29, 1.82) is 0 Å². The van der Waals surface area contributed by atoms with E-state index in [1.165, 1.54) is 0 Å². The van der Waals surface area contributed by atoms with Crippen molar-refractivity contribution in [3.63, 3.8) is 0 Å². The number of benzene rings is 1. The van der Waals surface area contributed by atoms with E-state index in [0.29, 0.717) is 18.9 Å². The zero-order valence-corrected chi connectivity index (χ0v) is 13.2. The number of hydrogen-bond donors (Lipinski definition) is 1. The molecule has 1 aromatic carbocycles. The molecule has 2 atom stereocenters. The Morgan fingerprint density at radius 1 is 1.43 bits per heavy atom. The fourth-order valence-electron chi connectivity index (χ4n) is 2.72. The Morgan fingerprint density at radius 2 is 2.14 bits per heavy atom. The Balaban J connectivity index is 2.10. The van der Waals surface area contributed by atoms with E-state index in [1.54, 1.807) is 0 Å². The predicted molar refractivity (Wildman–Crippen MR) is 84.4 cm³/mol. The van der Waals surface area contributed by atoms with Crippen molar-refractivity contribution >= 4 is 5.91 Å². The monoisotopic (exact) mass is 290 g/mol. The van der Waals surface area contributed by atoms with E-state index in [-0.39, 0.29) is 11.9 Å². The maximum atomic E-state index is 12.6. The number of carbonyl (C=O) groups is 1. The van der Waals surface area contributed by atoms with Crippen LogP contribution in [0.1, 0.15) is 45.1 Å². The second-order valence-corrected chi connectivity index (χ2v) is 6.04. The fourth-order valence-corrected chi connectivity index (χ4v) is 2.72. The van der Waals surface area contributed by atoms with Crippen LogP contribution in [0.25, 0.3) is 0 Å². The third-order valence-electron chi connectivity index (χ3n) is 3.99. The van der Waals surface area contributed by atoms with Gasteiger partial charge in [-0.3, -0.25) is 4.79 Å². The molecule has 1 heterocycles. The SMILES string of the molecule is CC[C@H](Oc1ccccc1C(C)C)C(=O)N1CC[C@@H](N)C1. The number of para-hydroxylation sites is 1. The molecule has 0 saturated carbocycles. The van der Waals surface area contributed by atoms with E-state index < -0.39 is 6.10 Å². The van der Waals surface area contributed by atoms with Crippen molar-refractivity contribution in [3.8, 4) is 5.75 Å². The number of amides is 1. The van der Waals surface area contributed by atoms with Crippen LogP contribution < -0.4 is 10.5 Å². The van der Waals surface area contributed by atoms with Crippen molar-refractivity contribution in [2.45, 2.75) is 51.7 Å². The largest absolute Gasteiger partial charge is 0.480 e. The predicted octanol–water partition coefficient (Wildman–Crippen LogP) is 2.53. The highest BCUT2D eigenvalue weighted by Gasteiger charge is 2.30. The molecule has 1 amide bonds. The number of nitrogens with zero attached hydrogens (tertiary/aromatic N) is 1.